The zero-order chi connectivity index (χ0) is 14.3. The van der Waals surface area contributed by atoms with E-state index >= 15 is 0 Å². The van der Waals surface area contributed by atoms with Crippen molar-refractivity contribution < 1.29 is 19.1 Å². The molecule has 0 aromatic heterocycles. The van der Waals surface area contributed by atoms with Crippen LogP contribution in [0.4, 0.5) is 14.9 Å². The summed E-state index contributed by atoms with van der Waals surface area (Å²) in [4.78, 5) is 21.7. The fraction of sp³-hybridized carbons (Fsp3) is 0.385. The minimum Gasteiger partial charge on any atom is -0.481 e. The standard InChI is InChI=1S/C13H17FN2O3/c1-9-6-10(14)8-11(7-9)16-13(19)15-5-3-2-4-12(17)18/h6-8H,2-5H2,1H3,(H,17,18)(H2,15,16,19). The first-order valence-electron chi connectivity index (χ1n) is 6.01. The van der Waals surface area contributed by atoms with E-state index in [1.807, 2.05) is 0 Å². The summed E-state index contributed by atoms with van der Waals surface area (Å²) < 4.78 is 13.1. The number of halogens is 1. The Morgan fingerprint density at radius 3 is 2.63 bits per heavy atom. The fourth-order valence-corrected chi connectivity index (χ4v) is 1.59. The van der Waals surface area contributed by atoms with Crippen molar-refractivity contribution in [2.45, 2.75) is 26.2 Å². The molecule has 0 atom stereocenters. The average Bonchev–Trinajstić information content (AvgIpc) is 2.26. The average molecular weight is 268 g/mol. The number of anilines is 1. The largest absolute Gasteiger partial charge is 0.481 e. The molecule has 0 aliphatic rings. The summed E-state index contributed by atoms with van der Waals surface area (Å²) in [5.74, 6) is -1.25. The molecule has 0 radical (unpaired) electrons. The molecule has 2 amide bonds. The number of aliphatic carboxylic acids is 1. The number of hydrogen-bond donors (Lipinski definition) is 3. The molecule has 0 unspecified atom stereocenters. The number of unbranched alkanes of at least 4 members (excludes halogenated alkanes) is 1. The van der Waals surface area contributed by atoms with E-state index in [1.165, 1.54) is 12.1 Å². The molecule has 6 heteroatoms. The Morgan fingerprint density at radius 1 is 1.26 bits per heavy atom. The number of carbonyl (C=O) groups excluding carboxylic acids is 1. The second kappa shape index (κ2) is 7.35. The molecule has 3 N–H and O–H groups in total. The van der Waals surface area contributed by atoms with Crippen LogP contribution in [0.5, 0.6) is 0 Å². The van der Waals surface area contributed by atoms with Crippen LogP contribution in [0, 0.1) is 12.7 Å². The Balaban J connectivity index is 2.29. The van der Waals surface area contributed by atoms with Gasteiger partial charge in [-0.15, -0.1) is 0 Å². The third-order valence-corrected chi connectivity index (χ3v) is 2.40. The first-order chi connectivity index (χ1) is 8.97. The molecular weight excluding hydrogens is 251 g/mol. The van der Waals surface area contributed by atoms with Gasteiger partial charge in [-0.1, -0.05) is 0 Å². The Bertz CT molecular complexity index is 443. The maximum atomic E-state index is 13.1. The molecule has 19 heavy (non-hydrogen) atoms. The van der Waals surface area contributed by atoms with Crippen molar-refractivity contribution >= 4 is 17.7 Å². The lowest BCUT2D eigenvalue weighted by Crippen LogP contribution is -2.29. The van der Waals surface area contributed by atoms with Crippen molar-refractivity contribution in [2.24, 2.45) is 0 Å². The van der Waals surface area contributed by atoms with E-state index in [4.69, 9.17) is 5.11 Å². The Kier molecular flexibility index (Phi) is 5.78. The maximum absolute atomic E-state index is 13.1. The summed E-state index contributed by atoms with van der Waals surface area (Å²) in [6.07, 6.45) is 1.18. The van der Waals surface area contributed by atoms with Crippen molar-refractivity contribution in [1.29, 1.82) is 0 Å². The Morgan fingerprint density at radius 2 is 2.00 bits per heavy atom. The van der Waals surface area contributed by atoms with Crippen LogP contribution >= 0.6 is 0 Å². The van der Waals surface area contributed by atoms with Gasteiger partial charge in [0.2, 0.25) is 0 Å². The van der Waals surface area contributed by atoms with Crippen LogP contribution < -0.4 is 10.6 Å². The molecule has 1 aromatic carbocycles. The summed E-state index contributed by atoms with van der Waals surface area (Å²) in [6.45, 7) is 2.12. The molecule has 0 saturated carbocycles. The highest BCUT2D eigenvalue weighted by molar-refractivity contribution is 5.89. The third kappa shape index (κ3) is 6.40. The molecule has 104 valence electrons. The lowest BCUT2D eigenvalue weighted by molar-refractivity contribution is -0.137. The normalized spacial score (nSPS) is 10.0. The lowest BCUT2D eigenvalue weighted by atomic mass is 10.2. The molecule has 0 bridgehead atoms. The molecule has 0 aliphatic heterocycles. The Labute approximate surface area is 110 Å². The number of hydrogen-bond acceptors (Lipinski definition) is 2. The van der Waals surface area contributed by atoms with Crippen LogP contribution in [0.1, 0.15) is 24.8 Å². The van der Waals surface area contributed by atoms with E-state index in [9.17, 15) is 14.0 Å². The topological polar surface area (TPSA) is 78.4 Å². The number of aryl methyl sites for hydroxylation is 1. The minimum atomic E-state index is -0.848. The van der Waals surface area contributed by atoms with E-state index in [2.05, 4.69) is 10.6 Å². The van der Waals surface area contributed by atoms with E-state index in [0.717, 1.165) is 5.56 Å². The second-order valence-corrected chi connectivity index (χ2v) is 4.25. The van der Waals surface area contributed by atoms with Crippen molar-refractivity contribution in [3.63, 3.8) is 0 Å². The summed E-state index contributed by atoms with van der Waals surface area (Å²) in [6, 6.07) is 3.83. The highest BCUT2D eigenvalue weighted by Crippen LogP contribution is 2.12. The van der Waals surface area contributed by atoms with Gasteiger partial charge in [0.05, 0.1) is 0 Å². The minimum absolute atomic E-state index is 0.0897. The predicted molar refractivity (Wildman–Crippen MR) is 69.6 cm³/mol. The highest BCUT2D eigenvalue weighted by Gasteiger charge is 2.03. The molecule has 0 spiro atoms. The van der Waals surface area contributed by atoms with Gasteiger partial charge < -0.3 is 15.7 Å². The first kappa shape index (κ1) is 14.9. The number of carbonyl (C=O) groups is 2. The van der Waals surface area contributed by atoms with Crippen LogP contribution in [0.15, 0.2) is 18.2 Å². The third-order valence-electron chi connectivity index (χ3n) is 2.40. The van der Waals surface area contributed by atoms with Gasteiger partial charge in [0.15, 0.2) is 0 Å². The van der Waals surface area contributed by atoms with Crippen molar-refractivity contribution in [2.75, 3.05) is 11.9 Å². The number of amides is 2. The maximum Gasteiger partial charge on any atom is 0.319 e. The van der Waals surface area contributed by atoms with Crippen LogP contribution in [-0.2, 0) is 4.79 Å². The molecular formula is C13H17FN2O3. The van der Waals surface area contributed by atoms with Crippen molar-refractivity contribution in [1.82, 2.24) is 5.32 Å². The number of benzene rings is 1. The van der Waals surface area contributed by atoms with Gasteiger partial charge in [0.1, 0.15) is 5.82 Å². The van der Waals surface area contributed by atoms with Gasteiger partial charge in [-0.3, -0.25) is 4.79 Å². The van der Waals surface area contributed by atoms with Gasteiger partial charge in [0.25, 0.3) is 0 Å². The van der Waals surface area contributed by atoms with Crippen LogP contribution in [-0.4, -0.2) is 23.7 Å². The van der Waals surface area contributed by atoms with Crippen LogP contribution in [0.3, 0.4) is 0 Å². The fourth-order valence-electron chi connectivity index (χ4n) is 1.59. The van der Waals surface area contributed by atoms with E-state index < -0.39 is 17.8 Å². The number of carboxylic acids is 1. The molecule has 0 fully saturated rings. The number of nitrogens with one attached hydrogen (secondary N) is 2. The summed E-state index contributed by atoms with van der Waals surface area (Å²) in [5.41, 5.74) is 1.11. The van der Waals surface area contributed by atoms with Crippen LogP contribution in [0.2, 0.25) is 0 Å². The van der Waals surface area contributed by atoms with Crippen molar-refractivity contribution in [3.05, 3.63) is 29.6 Å². The summed E-state index contributed by atoms with van der Waals surface area (Å²) >= 11 is 0. The lowest BCUT2D eigenvalue weighted by Gasteiger charge is -2.08. The molecule has 0 heterocycles. The smallest absolute Gasteiger partial charge is 0.319 e. The van der Waals surface area contributed by atoms with Gasteiger partial charge >= 0.3 is 12.0 Å². The summed E-state index contributed by atoms with van der Waals surface area (Å²) in [5, 5.41) is 13.5. The Hall–Kier alpha value is -2.11. The first-order valence-corrected chi connectivity index (χ1v) is 6.01. The molecule has 0 aliphatic carbocycles. The second-order valence-electron chi connectivity index (χ2n) is 4.25. The number of carboxylic acid groups (broad SMARTS) is 1. The quantitative estimate of drug-likeness (QED) is 0.694. The van der Waals surface area contributed by atoms with Crippen LogP contribution in [0.25, 0.3) is 0 Å². The van der Waals surface area contributed by atoms with E-state index in [1.54, 1.807) is 13.0 Å². The number of urea groups is 1. The SMILES string of the molecule is Cc1cc(F)cc(NC(=O)NCCCCC(=O)O)c1. The van der Waals surface area contributed by atoms with Gasteiger partial charge in [-0.25, -0.2) is 9.18 Å². The molecule has 0 saturated heterocycles. The monoisotopic (exact) mass is 268 g/mol. The summed E-state index contributed by atoms with van der Waals surface area (Å²) in [7, 11) is 0. The van der Waals surface area contributed by atoms with Gasteiger partial charge in [-0.05, 0) is 43.5 Å². The number of rotatable bonds is 6. The zero-order valence-corrected chi connectivity index (χ0v) is 10.7. The van der Waals surface area contributed by atoms with Gasteiger partial charge in [-0.2, -0.15) is 0 Å². The highest BCUT2D eigenvalue weighted by atomic mass is 19.1. The van der Waals surface area contributed by atoms with Gasteiger partial charge in [0, 0.05) is 18.7 Å². The zero-order valence-electron chi connectivity index (χ0n) is 10.7. The predicted octanol–water partition coefficient (Wildman–Crippen LogP) is 2.51. The van der Waals surface area contributed by atoms with Crippen molar-refractivity contribution in [3.8, 4) is 0 Å². The molecule has 1 aromatic rings. The van der Waals surface area contributed by atoms with E-state index in [-0.39, 0.29) is 6.42 Å². The molecule has 5 nitrogen and oxygen atoms in total. The van der Waals surface area contributed by atoms with E-state index in [0.29, 0.717) is 25.1 Å². The molecule has 1 rings (SSSR count).